The van der Waals surface area contributed by atoms with E-state index >= 15 is 0 Å². The Bertz CT molecular complexity index is 1300. The van der Waals surface area contributed by atoms with Gasteiger partial charge in [-0.1, -0.05) is 59.1 Å². The van der Waals surface area contributed by atoms with Crippen LogP contribution in [0.2, 0.25) is 10.0 Å². The maximum Gasteiger partial charge on any atom is 0.295 e. The fourth-order valence-electron chi connectivity index (χ4n) is 3.27. The van der Waals surface area contributed by atoms with Gasteiger partial charge < -0.3 is 5.32 Å². The second-order valence-electron chi connectivity index (χ2n) is 7.34. The normalized spacial score (nSPS) is 10.9. The van der Waals surface area contributed by atoms with Gasteiger partial charge in [-0.2, -0.15) is 0 Å². The fraction of sp³-hybridized carbons (Fsp3) is 0.125. The van der Waals surface area contributed by atoms with Crippen molar-refractivity contribution >= 4 is 34.8 Å². The topological polar surface area (TPSA) is 59.8 Å². The van der Waals surface area contributed by atoms with E-state index in [0.717, 1.165) is 27.9 Å². The first-order valence-electron chi connectivity index (χ1n) is 9.70. The molecule has 0 saturated carbocycles. The zero-order valence-electron chi connectivity index (χ0n) is 17.3. The zero-order valence-corrected chi connectivity index (χ0v) is 18.8. The van der Waals surface area contributed by atoms with Gasteiger partial charge in [0.2, 0.25) is 5.82 Å². The summed E-state index contributed by atoms with van der Waals surface area (Å²) in [4.78, 5) is 17.5. The molecule has 156 valence electrons. The minimum atomic E-state index is -0.434. The summed E-state index contributed by atoms with van der Waals surface area (Å²) in [5.41, 5.74) is 5.55. The van der Waals surface area contributed by atoms with Crippen molar-refractivity contribution in [1.29, 1.82) is 0 Å². The monoisotopic (exact) mass is 450 g/mol. The van der Waals surface area contributed by atoms with Crippen LogP contribution in [0.4, 0.5) is 5.69 Å². The standard InChI is InChI=1S/C24H20Cl2N4O/c1-14-6-4-8-17(12-14)23-28-22(24(31)27-18-10-11-19(25)20(26)13-18)29-30(23)21-9-5-7-15(2)16(21)3/h4-13H,1-3H3,(H,27,31). The molecule has 7 heteroatoms. The van der Waals surface area contributed by atoms with Crippen molar-refractivity contribution in [2.45, 2.75) is 20.8 Å². The van der Waals surface area contributed by atoms with Crippen LogP contribution in [0.1, 0.15) is 27.3 Å². The quantitative estimate of drug-likeness (QED) is 0.390. The van der Waals surface area contributed by atoms with E-state index in [0.29, 0.717) is 21.6 Å². The maximum atomic E-state index is 12.9. The molecule has 5 nitrogen and oxygen atoms in total. The summed E-state index contributed by atoms with van der Waals surface area (Å²) in [7, 11) is 0. The van der Waals surface area contributed by atoms with E-state index in [-0.39, 0.29) is 5.82 Å². The first kappa shape index (κ1) is 21.1. The molecule has 0 aliphatic carbocycles. The number of hydrogen-bond acceptors (Lipinski definition) is 3. The van der Waals surface area contributed by atoms with E-state index in [2.05, 4.69) is 15.4 Å². The lowest BCUT2D eigenvalue weighted by molar-refractivity contribution is 0.101. The van der Waals surface area contributed by atoms with Gasteiger partial charge in [0.1, 0.15) is 0 Å². The molecule has 1 N–H and O–H groups in total. The highest BCUT2D eigenvalue weighted by molar-refractivity contribution is 6.42. The third-order valence-electron chi connectivity index (χ3n) is 5.07. The molecule has 0 radical (unpaired) electrons. The van der Waals surface area contributed by atoms with Crippen LogP contribution in [0.5, 0.6) is 0 Å². The van der Waals surface area contributed by atoms with Crippen LogP contribution >= 0.6 is 23.2 Å². The number of anilines is 1. The smallest absolute Gasteiger partial charge is 0.295 e. The molecule has 31 heavy (non-hydrogen) atoms. The van der Waals surface area contributed by atoms with Crippen molar-refractivity contribution in [2.24, 2.45) is 0 Å². The number of aromatic nitrogens is 3. The second kappa shape index (κ2) is 8.53. The first-order valence-corrected chi connectivity index (χ1v) is 10.5. The summed E-state index contributed by atoms with van der Waals surface area (Å²) in [6.07, 6.45) is 0. The summed E-state index contributed by atoms with van der Waals surface area (Å²) >= 11 is 12.0. The number of halogens is 2. The molecule has 3 aromatic carbocycles. The van der Waals surface area contributed by atoms with Crippen molar-refractivity contribution < 1.29 is 4.79 Å². The molecule has 1 amide bonds. The minimum absolute atomic E-state index is 0.0588. The van der Waals surface area contributed by atoms with E-state index < -0.39 is 5.91 Å². The number of aryl methyl sites for hydroxylation is 2. The highest BCUT2D eigenvalue weighted by Gasteiger charge is 2.20. The highest BCUT2D eigenvalue weighted by atomic mass is 35.5. The lowest BCUT2D eigenvalue weighted by atomic mass is 10.1. The molecular weight excluding hydrogens is 431 g/mol. The molecule has 0 atom stereocenters. The van der Waals surface area contributed by atoms with Crippen molar-refractivity contribution in [3.63, 3.8) is 0 Å². The minimum Gasteiger partial charge on any atom is -0.319 e. The van der Waals surface area contributed by atoms with Crippen LogP contribution in [0, 0.1) is 20.8 Å². The van der Waals surface area contributed by atoms with E-state index in [1.54, 1.807) is 22.9 Å². The van der Waals surface area contributed by atoms with Crippen molar-refractivity contribution in [2.75, 3.05) is 5.32 Å². The maximum absolute atomic E-state index is 12.9. The van der Waals surface area contributed by atoms with Gasteiger partial charge in [-0.15, -0.1) is 5.10 Å². The van der Waals surface area contributed by atoms with Gasteiger partial charge in [0.15, 0.2) is 5.82 Å². The van der Waals surface area contributed by atoms with Crippen LogP contribution < -0.4 is 5.32 Å². The van der Waals surface area contributed by atoms with Crippen molar-refractivity contribution in [1.82, 2.24) is 14.8 Å². The third kappa shape index (κ3) is 4.33. The van der Waals surface area contributed by atoms with Crippen LogP contribution in [0.25, 0.3) is 17.1 Å². The predicted molar refractivity (Wildman–Crippen MR) is 125 cm³/mol. The molecule has 1 aromatic heterocycles. The fourth-order valence-corrected chi connectivity index (χ4v) is 3.57. The molecule has 0 fully saturated rings. The van der Waals surface area contributed by atoms with Crippen LogP contribution in [-0.2, 0) is 0 Å². The van der Waals surface area contributed by atoms with Crippen molar-refractivity contribution in [3.8, 4) is 17.1 Å². The molecule has 1 heterocycles. The average molecular weight is 451 g/mol. The molecule has 0 aliphatic heterocycles. The molecule has 0 bridgehead atoms. The van der Waals surface area contributed by atoms with Gasteiger partial charge in [-0.3, -0.25) is 4.79 Å². The largest absolute Gasteiger partial charge is 0.319 e. The average Bonchev–Trinajstić information content (AvgIpc) is 3.18. The Morgan fingerprint density at radius 2 is 1.71 bits per heavy atom. The Labute approximate surface area is 190 Å². The molecule has 0 unspecified atom stereocenters. The molecular formula is C24H20Cl2N4O. The summed E-state index contributed by atoms with van der Waals surface area (Å²) in [6.45, 7) is 6.09. The van der Waals surface area contributed by atoms with E-state index in [1.807, 2.05) is 63.2 Å². The number of carbonyl (C=O) groups is 1. The van der Waals surface area contributed by atoms with Crippen molar-refractivity contribution in [3.05, 3.63) is 93.2 Å². The number of nitrogens with one attached hydrogen (secondary N) is 1. The van der Waals surface area contributed by atoms with Gasteiger partial charge in [0, 0.05) is 11.3 Å². The van der Waals surface area contributed by atoms with Crippen LogP contribution in [0.15, 0.2) is 60.7 Å². The van der Waals surface area contributed by atoms with Gasteiger partial charge >= 0.3 is 0 Å². The first-order chi connectivity index (χ1) is 14.8. The van der Waals surface area contributed by atoms with E-state index in [9.17, 15) is 4.79 Å². The molecule has 0 saturated heterocycles. The molecule has 4 rings (SSSR count). The Kier molecular flexibility index (Phi) is 5.81. The Balaban J connectivity index is 1.80. The van der Waals surface area contributed by atoms with Gasteiger partial charge in [0.25, 0.3) is 5.91 Å². The third-order valence-corrected chi connectivity index (χ3v) is 5.81. The second-order valence-corrected chi connectivity index (χ2v) is 8.16. The number of benzene rings is 3. The summed E-state index contributed by atoms with van der Waals surface area (Å²) in [6, 6.07) is 18.8. The molecule has 0 spiro atoms. The molecule has 4 aromatic rings. The van der Waals surface area contributed by atoms with E-state index in [1.165, 1.54) is 0 Å². The molecule has 0 aliphatic rings. The number of nitrogens with zero attached hydrogens (tertiary/aromatic N) is 3. The Hall–Kier alpha value is -3.15. The van der Waals surface area contributed by atoms with Gasteiger partial charge in [-0.25, -0.2) is 9.67 Å². The lowest BCUT2D eigenvalue weighted by Crippen LogP contribution is -2.14. The summed E-state index contributed by atoms with van der Waals surface area (Å²) < 4.78 is 1.72. The predicted octanol–water partition coefficient (Wildman–Crippen LogP) is 6.42. The highest BCUT2D eigenvalue weighted by Crippen LogP contribution is 2.27. The number of carbonyl (C=O) groups excluding carboxylic acids is 1. The van der Waals surface area contributed by atoms with Gasteiger partial charge in [0.05, 0.1) is 15.7 Å². The summed E-state index contributed by atoms with van der Waals surface area (Å²) in [5, 5.41) is 8.12. The summed E-state index contributed by atoms with van der Waals surface area (Å²) in [5.74, 6) is 0.219. The van der Waals surface area contributed by atoms with Crippen LogP contribution in [-0.4, -0.2) is 20.7 Å². The lowest BCUT2D eigenvalue weighted by Gasteiger charge is -2.11. The number of hydrogen-bond donors (Lipinski definition) is 1. The SMILES string of the molecule is Cc1cccc(-c2nc(C(=O)Nc3ccc(Cl)c(Cl)c3)nn2-c2cccc(C)c2C)c1. The van der Waals surface area contributed by atoms with Crippen LogP contribution in [0.3, 0.4) is 0 Å². The number of amides is 1. The Morgan fingerprint density at radius 1 is 0.935 bits per heavy atom. The van der Waals surface area contributed by atoms with E-state index in [4.69, 9.17) is 23.2 Å². The van der Waals surface area contributed by atoms with Gasteiger partial charge in [-0.05, 0) is 62.2 Å². The zero-order chi connectivity index (χ0) is 22.1. The Morgan fingerprint density at radius 3 is 2.45 bits per heavy atom. The number of rotatable bonds is 4.